The van der Waals surface area contributed by atoms with Crippen LogP contribution in [0.5, 0.6) is 0 Å². The lowest BCUT2D eigenvalue weighted by molar-refractivity contribution is 0.0690. The predicted molar refractivity (Wildman–Crippen MR) is 70.8 cm³/mol. The summed E-state index contributed by atoms with van der Waals surface area (Å²) in [6.45, 7) is 0. The van der Waals surface area contributed by atoms with Crippen LogP contribution in [0.1, 0.15) is 54.2 Å². The number of halogens is 1. The third-order valence-electron chi connectivity index (χ3n) is 3.65. The van der Waals surface area contributed by atoms with E-state index in [4.69, 9.17) is 16.7 Å². The number of rotatable bonds is 2. The Morgan fingerprint density at radius 3 is 2.74 bits per heavy atom. The van der Waals surface area contributed by atoms with Crippen molar-refractivity contribution in [2.45, 2.75) is 38.0 Å². The maximum absolute atomic E-state index is 11.0. The lowest BCUT2D eigenvalue weighted by Gasteiger charge is -2.18. The number of carboxylic acid groups (broad SMARTS) is 1. The van der Waals surface area contributed by atoms with Crippen LogP contribution in [0.15, 0.2) is 12.1 Å². The standard InChI is InChI=1S/C13H14ClN3O2/c14-11-6-10(13(18)19)15-12-7-9(16-17(11)12)8-4-2-1-3-5-8/h6-8H,1-5H2,(H,18,19). The Balaban J connectivity index is 2.04. The van der Waals surface area contributed by atoms with Gasteiger partial charge in [-0.2, -0.15) is 5.10 Å². The highest BCUT2D eigenvalue weighted by molar-refractivity contribution is 6.30. The van der Waals surface area contributed by atoms with Crippen molar-refractivity contribution in [3.05, 3.63) is 28.7 Å². The molecule has 1 aliphatic rings. The largest absolute Gasteiger partial charge is 0.477 e. The molecule has 0 saturated heterocycles. The van der Waals surface area contributed by atoms with Gasteiger partial charge in [-0.25, -0.2) is 14.3 Å². The first-order valence-electron chi connectivity index (χ1n) is 6.44. The highest BCUT2D eigenvalue weighted by Gasteiger charge is 2.20. The molecule has 2 aromatic heterocycles. The summed E-state index contributed by atoms with van der Waals surface area (Å²) >= 11 is 6.06. The molecule has 2 aromatic rings. The first-order chi connectivity index (χ1) is 9.15. The first kappa shape index (κ1) is 12.4. The monoisotopic (exact) mass is 279 g/mol. The minimum Gasteiger partial charge on any atom is -0.477 e. The summed E-state index contributed by atoms with van der Waals surface area (Å²) in [5.74, 6) is -0.635. The molecule has 1 fully saturated rings. The molecule has 0 aliphatic heterocycles. The fourth-order valence-electron chi connectivity index (χ4n) is 2.66. The zero-order valence-corrected chi connectivity index (χ0v) is 11.1. The van der Waals surface area contributed by atoms with Gasteiger partial charge in [0.05, 0.1) is 5.69 Å². The Bertz CT molecular complexity index is 632. The second kappa shape index (κ2) is 4.81. The number of nitrogens with zero attached hydrogens (tertiary/aromatic N) is 3. The van der Waals surface area contributed by atoms with E-state index in [1.807, 2.05) is 6.07 Å². The van der Waals surface area contributed by atoms with Crippen molar-refractivity contribution in [3.63, 3.8) is 0 Å². The summed E-state index contributed by atoms with van der Waals surface area (Å²) in [6.07, 6.45) is 5.99. The van der Waals surface area contributed by atoms with Gasteiger partial charge in [0, 0.05) is 18.1 Å². The molecular formula is C13H14ClN3O2. The Kier molecular flexibility index (Phi) is 3.14. The van der Waals surface area contributed by atoms with Gasteiger partial charge >= 0.3 is 5.97 Å². The second-order valence-electron chi connectivity index (χ2n) is 4.94. The second-order valence-corrected chi connectivity index (χ2v) is 5.33. The normalized spacial score (nSPS) is 16.9. The fraction of sp³-hybridized carbons (Fsp3) is 0.462. The summed E-state index contributed by atoms with van der Waals surface area (Å²) in [4.78, 5) is 15.0. The highest BCUT2D eigenvalue weighted by Crippen LogP contribution is 2.32. The van der Waals surface area contributed by atoms with Crippen molar-refractivity contribution in [2.75, 3.05) is 0 Å². The van der Waals surface area contributed by atoms with Gasteiger partial charge < -0.3 is 5.11 Å². The van der Waals surface area contributed by atoms with Gasteiger partial charge in [0.15, 0.2) is 11.3 Å². The Morgan fingerprint density at radius 2 is 2.05 bits per heavy atom. The summed E-state index contributed by atoms with van der Waals surface area (Å²) < 4.78 is 1.51. The molecule has 6 heteroatoms. The number of aromatic nitrogens is 3. The number of fused-ring (bicyclic) bond motifs is 1. The third-order valence-corrected chi connectivity index (χ3v) is 3.91. The Hall–Kier alpha value is -1.62. The van der Waals surface area contributed by atoms with E-state index in [2.05, 4.69) is 10.1 Å². The van der Waals surface area contributed by atoms with Gasteiger partial charge in [-0.05, 0) is 12.8 Å². The number of hydrogen-bond acceptors (Lipinski definition) is 3. The molecule has 0 radical (unpaired) electrons. The molecule has 1 saturated carbocycles. The van der Waals surface area contributed by atoms with Gasteiger partial charge in [0.25, 0.3) is 0 Å². The zero-order valence-electron chi connectivity index (χ0n) is 10.3. The van der Waals surface area contributed by atoms with Gasteiger partial charge in [0.1, 0.15) is 5.15 Å². The van der Waals surface area contributed by atoms with Gasteiger partial charge in [-0.15, -0.1) is 0 Å². The van der Waals surface area contributed by atoms with Crippen LogP contribution in [0.2, 0.25) is 5.15 Å². The number of hydrogen-bond donors (Lipinski definition) is 1. The lowest BCUT2D eigenvalue weighted by atomic mass is 9.87. The maximum atomic E-state index is 11.0. The number of carboxylic acids is 1. The van der Waals surface area contributed by atoms with E-state index in [0.29, 0.717) is 11.6 Å². The third kappa shape index (κ3) is 2.30. The van der Waals surface area contributed by atoms with Crippen molar-refractivity contribution in [2.24, 2.45) is 0 Å². The Morgan fingerprint density at radius 1 is 1.32 bits per heavy atom. The summed E-state index contributed by atoms with van der Waals surface area (Å²) in [6, 6.07) is 3.18. The molecule has 100 valence electrons. The Labute approximate surface area is 115 Å². The van der Waals surface area contributed by atoms with Crippen LogP contribution in [-0.4, -0.2) is 25.7 Å². The van der Waals surface area contributed by atoms with Crippen LogP contribution in [-0.2, 0) is 0 Å². The maximum Gasteiger partial charge on any atom is 0.354 e. The molecule has 0 spiro atoms. The van der Waals surface area contributed by atoms with Gasteiger partial charge in [0.2, 0.25) is 0 Å². The van der Waals surface area contributed by atoms with E-state index in [-0.39, 0.29) is 10.8 Å². The molecule has 5 nitrogen and oxygen atoms in total. The van der Waals surface area contributed by atoms with Crippen molar-refractivity contribution in [1.82, 2.24) is 14.6 Å². The van der Waals surface area contributed by atoms with E-state index in [1.165, 1.54) is 29.8 Å². The molecule has 0 bridgehead atoms. The molecule has 0 unspecified atom stereocenters. The molecule has 1 N–H and O–H groups in total. The molecule has 0 aromatic carbocycles. The van der Waals surface area contributed by atoms with E-state index in [0.717, 1.165) is 18.5 Å². The molecule has 19 heavy (non-hydrogen) atoms. The van der Waals surface area contributed by atoms with Crippen LogP contribution in [0.3, 0.4) is 0 Å². The summed E-state index contributed by atoms with van der Waals surface area (Å²) in [5, 5.41) is 13.7. The lowest BCUT2D eigenvalue weighted by Crippen LogP contribution is -2.05. The average Bonchev–Trinajstić information content (AvgIpc) is 2.84. The number of carbonyl (C=O) groups is 1. The average molecular weight is 280 g/mol. The fourth-order valence-corrected chi connectivity index (χ4v) is 2.89. The summed E-state index contributed by atoms with van der Waals surface area (Å²) in [5.41, 5.74) is 1.43. The first-order valence-corrected chi connectivity index (χ1v) is 6.82. The van der Waals surface area contributed by atoms with Crippen molar-refractivity contribution < 1.29 is 9.90 Å². The van der Waals surface area contributed by atoms with Crippen LogP contribution < -0.4 is 0 Å². The quantitative estimate of drug-likeness (QED) is 0.858. The molecule has 2 heterocycles. The smallest absolute Gasteiger partial charge is 0.354 e. The number of aromatic carboxylic acids is 1. The molecule has 0 atom stereocenters. The van der Waals surface area contributed by atoms with Crippen molar-refractivity contribution in [3.8, 4) is 0 Å². The summed E-state index contributed by atoms with van der Waals surface area (Å²) in [7, 11) is 0. The van der Waals surface area contributed by atoms with E-state index < -0.39 is 5.97 Å². The molecule has 1 aliphatic carbocycles. The van der Waals surface area contributed by atoms with E-state index in [1.54, 1.807) is 0 Å². The highest BCUT2D eigenvalue weighted by atomic mass is 35.5. The van der Waals surface area contributed by atoms with E-state index in [9.17, 15) is 4.79 Å². The molecular weight excluding hydrogens is 266 g/mol. The van der Waals surface area contributed by atoms with Crippen LogP contribution >= 0.6 is 11.6 Å². The molecule has 0 amide bonds. The minimum absolute atomic E-state index is 0.0485. The van der Waals surface area contributed by atoms with Gasteiger partial charge in [-0.3, -0.25) is 0 Å². The van der Waals surface area contributed by atoms with Crippen LogP contribution in [0.4, 0.5) is 0 Å². The minimum atomic E-state index is -1.08. The SMILES string of the molecule is O=C(O)c1cc(Cl)n2nc(C3CCCCC3)cc2n1. The van der Waals surface area contributed by atoms with E-state index >= 15 is 0 Å². The van der Waals surface area contributed by atoms with Crippen LogP contribution in [0, 0.1) is 0 Å². The van der Waals surface area contributed by atoms with Crippen molar-refractivity contribution >= 4 is 23.2 Å². The van der Waals surface area contributed by atoms with Gasteiger partial charge in [-0.1, -0.05) is 30.9 Å². The predicted octanol–water partition coefficient (Wildman–Crippen LogP) is 3.13. The molecule has 3 rings (SSSR count). The van der Waals surface area contributed by atoms with Crippen molar-refractivity contribution in [1.29, 1.82) is 0 Å². The zero-order chi connectivity index (χ0) is 13.4. The topological polar surface area (TPSA) is 67.5 Å². The van der Waals surface area contributed by atoms with Crippen LogP contribution in [0.25, 0.3) is 5.65 Å².